The summed E-state index contributed by atoms with van der Waals surface area (Å²) < 4.78 is 8.73. The number of halogens is 2. The number of benzene rings is 1. The molecule has 0 saturated carbocycles. The standard InChI is InChI=1S/C15H19BrClN3O/c1-3-12-15(17)13(20(2)19-12)9-21-14-5-4-11(16)8-10(14)6-7-18/h4-5,8H,3,6-7,9,18H2,1-2H3. The maximum absolute atomic E-state index is 6.33. The van der Waals surface area contributed by atoms with Gasteiger partial charge >= 0.3 is 0 Å². The molecule has 0 unspecified atom stereocenters. The van der Waals surface area contributed by atoms with Gasteiger partial charge in [-0.3, -0.25) is 4.68 Å². The molecule has 6 heteroatoms. The van der Waals surface area contributed by atoms with Crippen LogP contribution in [0, 0.1) is 0 Å². The largest absolute Gasteiger partial charge is 0.487 e. The van der Waals surface area contributed by atoms with Crippen molar-refractivity contribution in [3.8, 4) is 5.75 Å². The zero-order chi connectivity index (χ0) is 15.4. The summed E-state index contributed by atoms with van der Waals surface area (Å²) in [6, 6.07) is 5.93. The van der Waals surface area contributed by atoms with E-state index < -0.39 is 0 Å². The minimum Gasteiger partial charge on any atom is -0.487 e. The molecule has 2 rings (SSSR count). The fraction of sp³-hybridized carbons (Fsp3) is 0.400. The van der Waals surface area contributed by atoms with Gasteiger partial charge in [-0.05, 0) is 43.1 Å². The predicted molar refractivity (Wildman–Crippen MR) is 88.8 cm³/mol. The molecule has 0 aliphatic carbocycles. The van der Waals surface area contributed by atoms with E-state index in [4.69, 9.17) is 22.1 Å². The van der Waals surface area contributed by atoms with Gasteiger partial charge in [0.2, 0.25) is 0 Å². The van der Waals surface area contributed by atoms with Gasteiger partial charge in [-0.25, -0.2) is 0 Å². The average Bonchev–Trinajstić information content (AvgIpc) is 2.73. The van der Waals surface area contributed by atoms with Crippen LogP contribution in [0.4, 0.5) is 0 Å². The van der Waals surface area contributed by atoms with Crippen molar-refractivity contribution >= 4 is 27.5 Å². The van der Waals surface area contributed by atoms with Crippen LogP contribution >= 0.6 is 27.5 Å². The van der Waals surface area contributed by atoms with Gasteiger partial charge in [0.05, 0.1) is 16.4 Å². The third-order valence-electron chi connectivity index (χ3n) is 3.30. The van der Waals surface area contributed by atoms with Crippen molar-refractivity contribution in [2.45, 2.75) is 26.4 Å². The number of rotatable bonds is 6. The van der Waals surface area contributed by atoms with Gasteiger partial charge in [0.1, 0.15) is 12.4 Å². The highest BCUT2D eigenvalue weighted by Crippen LogP contribution is 2.26. The van der Waals surface area contributed by atoms with Crippen molar-refractivity contribution in [3.05, 3.63) is 44.6 Å². The molecule has 1 aromatic heterocycles. The maximum atomic E-state index is 6.33. The summed E-state index contributed by atoms with van der Waals surface area (Å²) in [5.74, 6) is 0.832. The predicted octanol–water partition coefficient (Wildman–Crippen LogP) is 3.48. The van der Waals surface area contributed by atoms with Crippen LogP contribution in [-0.4, -0.2) is 16.3 Å². The summed E-state index contributed by atoms with van der Waals surface area (Å²) in [6.07, 6.45) is 1.58. The summed E-state index contributed by atoms with van der Waals surface area (Å²) >= 11 is 9.80. The van der Waals surface area contributed by atoms with Gasteiger partial charge in [0, 0.05) is 11.5 Å². The SMILES string of the molecule is CCc1nn(C)c(COc2ccc(Br)cc2CCN)c1Cl. The molecule has 1 aromatic carbocycles. The number of aryl methyl sites for hydroxylation is 2. The molecular weight excluding hydrogens is 354 g/mol. The Kier molecular flexibility index (Phi) is 5.67. The lowest BCUT2D eigenvalue weighted by Crippen LogP contribution is -2.07. The molecule has 2 N–H and O–H groups in total. The Morgan fingerprint density at radius 2 is 2.19 bits per heavy atom. The highest BCUT2D eigenvalue weighted by atomic mass is 79.9. The van der Waals surface area contributed by atoms with Crippen molar-refractivity contribution in [2.75, 3.05) is 6.54 Å². The van der Waals surface area contributed by atoms with Crippen molar-refractivity contribution in [2.24, 2.45) is 12.8 Å². The number of hydrogen-bond donors (Lipinski definition) is 1. The van der Waals surface area contributed by atoms with Crippen LogP contribution in [0.3, 0.4) is 0 Å². The lowest BCUT2D eigenvalue weighted by Gasteiger charge is -2.12. The second-order valence-corrected chi connectivity index (χ2v) is 6.06. The molecule has 0 spiro atoms. The first kappa shape index (κ1) is 16.3. The third kappa shape index (κ3) is 3.78. The van der Waals surface area contributed by atoms with Crippen LogP contribution in [0.25, 0.3) is 0 Å². The molecular formula is C15H19BrClN3O. The molecule has 0 aliphatic heterocycles. The zero-order valence-corrected chi connectivity index (χ0v) is 14.5. The molecule has 21 heavy (non-hydrogen) atoms. The Hall–Kier alpha value is -1.04. The normalized spacial score (nSPS) is 10.9. The smallest absolute Gasteiger partial charge is 0.131 e. The van der Waals surface area contributed by atoms with Crippen molar-refractivity contribution < 1.29 is 4.74 Å². The second kappa shape index (κ2) is 7.29. The Balaban J connectivity index is 2.18. The first-order chi connectivity index (χ1) is 10.1. The zero-order valence-electron chi connectivity index (χ0n) is 12.2. The van der Waals surface area contributed by atoms with Crippen molar-refractivity contribution in [1.82, 2.24) is 9.78 Å². The molecule has 114 valence electrons. The monoisotopic (exact) mass is 371 g/mol. The molecule has 4 nitrogen and oxygen atoms in total. The van der Waals surface area contributed by atoms with Crippen LogP contribution in [0.1, 0.15) is 23.9 Å². The van der Waals surface area contributed by atoms with Crippen LogP contribution < -0.4 is 10.5 Å². The molecule has 0 bridgehead atoms. The van der Waals surface area contributed by atoms with Gasteiger partial charge in [0.25, 0.3) is 0 Å². The maximum Gasteiger partial charge on any atom is 0.131 e. The molecule has 0 radical (unpaired) electrons. The molecule has 0 saturated heterocycles. The second-order valence-electron chi connectivity index (χ2n) is 4.76. The quantitative estimate of drug-likeness (QED) is 0.844. The molecule has 1 heterocycles. The van der Waals surface area contributed by atoms with E-state index in [-0.39, 0.29) is 0 Å². The number of nitrogens with two attached hydrogens (primary N) is 1. The lowest BCUT2D eigenvalue weighted by atomic mass is 10.1. The van der Waals surface area contributed by atoms with Crippen LogP contribution in [0.15, 0.2) is 22.7 Å². The minimum atomic E-state index is 0.390. The minimum absolute atomic E-state index is 0.390. The average molecular weight is 373 g/mol. The fourth-order valence-electron chi connectivity index (χ4n) is 2.16. The van der Waals surface area contributed by atoms with E-state index in [0.29, 0.717) is 18.2 Å². The fourth-order valence-corrected chi connectivity index (χ4v) is 2.92. The highest BCUT2D eigenvalue weighted by Gasteiger charge is 2.14. The van der Waals surface area contributed by atoms with Crippen molar-refractivity contribution in [3.63, 3.8) is 0 Å². The van der Waals surface area contributed by atoms with E-state index in [1.807, 2.05) is 32.2 Å². The molecule has 0 amide bonds. The number of hydrogen-bond acceptors (Lipinski definition) is 3. The first-order valence-electron chi connectivity index (χ1n) is 6.88. The summed E-state index contributed by atoms with van der Waals surface area (Å²) in [4.78, 5) is 0. The summed E-state index contributed by atoms with van der Waals surface area (Å²) in [6.45, 7) is 3.01. The van der Waals surface area contributed by atoms with Gasteiger partial charge in [-0.2, -0.15) is 5.10 Å². The van der Waals surface area contributed by atoms with E-state index in [1.165, 1.54) is 0 Å². The van der Waals surface area contributed by atoms with Crippen LogP contribution in [0.5, 0.6) is 5.75 Å². The van der Waals surface area contributed by atoms with Crippen LogP contribution in [0.2, 0.25) is 5.02 Å². The molecule has 2 aromatic rings. The van der Waals surface area contributed by atoms with Gasteiger partial charge in [-0.1, -0.05) is 34.5 Å². The summed E-state index contributed by atoms with van der Waals surface area (Å²) in [7, 11) is 1.88. The topological polar surface area (TPSA) is 53.1 Å². The number of aromatic nitrogens is 2. The number of nitrogens with zero attached hydrogens (tertiary/aromatic N) is 2. The van der Waals surface area contributed by atoms with E-state index in [9.17, 15) is 0 Å². The Labute approximate surface area is 138 Å². The van der Waals surface area contributed by atoms with Gasteiger partial charge < -0.3 is 10.5 Å². The first-order valence-corrected chi connectivity index (χ1v) is 8.05. The molecule has 0 atom stereocenters. The van der Waals surface area contributed by atoms with Gasteiger partial charge in [0.15, 0.2) is 0 Å². The lowest BCUT2D eigenvalue weighted by molar-refractivity contribution is 0.292. The molecule has 0 fully saturated rings. The highest BCUT2D eigenvalue weighted by molar-refractivity contribution is 9.10. The Morgan fingerprint density at radius 3 is 2.81 bits per heavy atom. The summed E-state index contributed by atoms with van der Waals surface area (Å²) in [5.41, 5.74) is 8.52. The Morgan fingerprint density at radius 1 is 1.43 bits per heavy atom. The van der Waals surface area contributed by atoms with Gasteiger partial charge in [-0.15, -0.1) is 0 Å². The third-order valence-corrected chi connectivity index (χ3v) is 4.23. The van der Waals surface area contributed by atoms with Crippen molar-refractivity contribution in [1.29, 1.82) is 0 Å². The number of ether oxygens (including phenoxy) is 1. The van der Waals surface area contributed by atoms with Crippen LogP contribution in [-0.2, 0) is 26.5 Å². The van der Waals surface area contributed by atoms with E-state index in [2.05, 4.69) is 21.0 Å². The van der Waals surface area contributed by atoms with E-state index in [1.54, 1.807) is 4.68 Å². The van der Waals surface area contributed by atoms with E-state index in [0.717, 1.165) is 40.0 Å². The Bertz CT molecular complexity index is 628. The molecule has 0 aliphatic rings. The summed E-state index contributed by atoms with van der Waals surface area (Å²) in [5, 5.41) is 5.08. The van der Waals surface area contributed by atoms with E-state index >= 15 is 0 Å².